The summed E-state index contributed by atoms with van der Waals surface area (Å²) >= 11 is 1.86. The van der Waals surface area contributed by atoms with Crippen molar-refractivity contribution in [3.05, 3.63) is 200 Å². The number of benzene rings is 9. The summed E-state index contributed by atoms with van der Waals surface area (Å²) < 4.78 is 2.62. The van der Waals surface area contributed by atoms with E-state index in [1.54, 1.807) is 0 Å². The molecule has 1 heterocycles. The SMILES string of the molecule is c1ccc(N(c2ccc(-c3ccc4ccccc4c3)cc2)c2ccc(-c3cccc4ccccc34)cc2)c(-c2cccc3sc4ccccc4c23)c1. The maximum atomic E-state index is 2.42. The molecule has 0 saturated carbocycles. The largest absolute Gasteiger partial charge is 0.310 e. The second-order valence-electron chi connectivity index (χ2n) is 13.3. The van der Waals surface area contributed by atoms with E-state index < -0.39 is 0 Å². The van der Waals surface area contributed by atoms with E-state index in [1.807, 2.05) is 11.3 Å². The lowest BCUT2D eigenvalue weighted by Gasteiger charge is -2.28. The maximum Gasteiger partial charge on any atom is 0.0540 e. The van der Waals surface area contributed by atoms with Gasteiger partial charge in [-0.05, 0) is 97.9 Å². The molecule has 244 valence electrons. The Morgan fingerprint density at radius 3 is 1.71 bits per heavy atom. The third kappa shape index (κ3) is 5.24. The molecule has 0 unspecified atom stereocenters. The molecule has 0 radical (unpaired) electrons. The molecule has 0 fully saturated rings. The minimum absolute atomic E-state index is 1.11. The summed E-state index contributed by atoms with van der Waals surface area (Å²) in [6.45, 7) is 0. The first-order valence-electron chi connectivity index (χ1n) is 17.8. The zero-order valence-electron chi connectivity index (χ0n) is 28.4. The van der Waals surface area contributed by atoms with E-state index in [0.29, 0.717) is 0 Å². The van der Waals surface area contributed by atoms with E-state index >= 15 is 0 Å². The molecule has 0 saturated heterocycles. The molecule has 0 N–H and O–H groups in total. The van der Waals surface area contributed by atoms with E-state index in [0.717, 1.165) is 17.1 Å². The van der Waals surface area contributed by atoms with Gasteiger partial charge in [-0.1, -0.05) is 152 Å². The third-order valence-electron chi connectivity index (χ3n) is 10.3. The lowest BCUT2D eigenvalue weighted by atomic mass is 9.96. The number of nitrogens with zero attached hydrogens (tertiary/aromatic N) is 1. The summed E-state index contributed by atoms with van der Waals surface area (Å²) in [5, 5.41) is 7.64. The molecule has 0 aliphatic rings. The van der Waals surface area contributed by atoms with Crippen LogP contribution in [0, 0.1) is 0 Å². The number of hydrogen-bond donors (Lipinski definition) is 0. The molecule has 1 aromatic heterocycles. The van der Waals surface area contributed by atoms with Crippen LogP contribution in [-0.2, 0) is 0 Å². The second kappa shape index (κ2) is 12.7. The van der Waals surface area contributed by atoms with Gasteiger partial charge in [0.2, 0.25) is 0 Å². The van der Waals surface area contributed by atoms with Gasteiger partial charge in [-0.25, -0.2) is 0 Å². The van der Waals surface area contributed by atoms with Crippen LogP contribution in [0.4, 0.5) is 17.1 Å². The van der Waals surface area contributed by atoms with Crippen molar-refractivity contribution in [1.29, 1.82) is 0 Å². The minimum atomic E-state index is 1.11. The molecule has 52 heavy (non-hydrogen) atoms. The van der Waals surface area contributed by atoms with E-state index in [-0.39, 0.29) is 0 Å². The summed E-state index contributed by atoms with van der Waals surface area (Å²) in [6, 6.07) is 73.0. The van der Waals surface area contributed by atoms with Crippen LogP contribution in [0.15, 0.2) is 200 Å². The van der Waals surface area contributed by atoms with Crippen LogP contribution in [0.2, 0.25) is 0 Å². The molecule has 9 aromatic carbocycles. The first-order chi connectivity index (χ1) is 25.8. The third-order valence-corrected chi connectivity index (χ3v) is 11.4. The van der Waals surface area contributed by atoms with Gasteiger partial charge in [-0.15, -0.1) is 11.3 Å². The minimum Gasteiger partial charge on any atom is -0.310 e. The smallest absolute Gasteiger partial charge is 0.0540 e. The average Bonchev–Trinajstić information content (AvgIpc) is 3.61. The Morgan fingerprint density at radius 2 is 0.885 bits per heavy atom. The molecule has 0 bridgehead atoms. The van der Waals surface area contributed by atoms with Crippen molar-refractivity contribution in [2.45, 2.75) is 0 Å². The normalized spacial score (nSPS) is 11.5. The summed E-state index contributed by atoms with van der Waals surface area (Å²) in [4.78, 5) is 2.42. The highest BCUT2D eigenvalue weighted by Gasteiger charge is 2.20. The highest BCUT2D eigenvalue weighted by molar-refractivity contribution is 7.25. The van der Waals surface area contributed by atoms with Gasteiger partial charge in [0.05, 0.1) is 5.69 Å². The van der Waals surface area contributed by atoms with Crippen molar-refractivity contribution >= 4 is 70.1 Å². The number of rotatable bonds is 6. The molecule has 0 amide bonds. The van der Waals surface area contributed by atoms with Gasteiger partial charge in [0, 0.05) is 37.1 Å². The van der Waals surface area contributed by atoms with Crippen LogP contribution in [0.1, 0.15) is 0 Å². The Labute approximate surface area is 307 Å². The molecule has 10 aromatic rings. The van der Waals surface area contributed by atoms with Crippen LogP contribution in [0.3, 0.4) is 0 Å². The molecule has 0 atom stereocenters. The number of fused-ring (bicyclic) bond motifs is 5. The zero-order chi connectivity index (χ0) is 34.4. The van der Waals surface area contributed by atoms with Crippen molar-refractivity contribution in [2.24, 2.45) is 0 Å². The van der Waals surface area contributed by atoms with Gasteiger partial charge in [0.1, 0.15) is 0 Å². The van der Waals surface area contributed by atoms with Gasteiger partial charge in [-0.3, -0.25) is 0 Å². The monoisotopic (exact) mass is 679 g/mol. The van der Waals surface area contributed by atoms with Gasteiger partial charge in [-0.2, -0.15) is 0 Å². The van der Waals surface area contributed by atoms with Gasteiger partial charge >= 0.3 is 0 Å². The topological polar surface area (TPSA) is 3.24 Å². The summed E-state index contributed by atoms with van der Waals surface area (Å²) in [5.41, 5.74) is 10.7. The number of thiophene rings is 1. The quantitative estimate of drug-likeness (QED) is 0.169. The van der Waals surface area contributed by atoms with Crippen molar-refractivity contribution in [3.8, 4) is 33.4 Å². The fourth-order valence-corrected chi connectivity index (χ4v) is 8.89. The van der Waals surface area contributed by atoms with Crippen molar-refractivity contribution in [2.75, 3.05) is 4.90 Å². The van der Waals surface area contributed by atoms with Crippen LogP contribution < -0.4 is 4.90 Å². The van der Waals surface area contributed by atoms with E-state index in [9.17, 15) is 0 Å². The molecular formula is C50H33NS. The van der Waals surface area contributed by atoms with Crippen molar-refractivity contribution < 1.29 is 0 Å². The lowest BCUT2D eigenvalue weighted by molar-refractivity contribution is 1.28. The van der Waals surface area contributed by atoms with Gasteiger partial charge in [0.25, 0.3) is 0 Å². The Balaban J connectivity index is 1.13. The molecule has 0 spiro atoms. The Kier molecular flexibility index (Phi) is 7.41. The predicted molar refractivity (Wildman–Crippen MR) is 225 cm³/mol. The van der Waals surface area contributed by atoms with E-state index in [1.165, 1.54) is 75.1 Å². The van der Waals surface area contributed by atoms with E-state index in [4.69, 9.17) is 0 Å². The predicted octanol–water partition coefficient (Wildman–Crippen LogP) is 14.8. The van der Waals surface area contributed by atoms with Gasteiger partial charge in [0.15, 0.2) is 0 Å². The Hall–Kier alpha value is -6.48. The molecular weight excluding hydrogens is 647 g/mol. The standard InChI is InChI=1S/C50H33NS/c1-2-13-38-33-39(24-23-34(38)11-1)35-25-29-40(30-26-35)51(41-31-27-37(28-32-41)43-18-9-14-36-12-3-4-15-42(36)43)47-20-7-5-16-44(47)45-19-10-22-49-50(45)46-17-6-8-21-48(46)52-49/h1-33H. The fourth-order valence-electron chi connectivity index (χ4n) is 7.76. The van der Waals surface area contributed by atoms with Crippen LogP contribution >= 0.6 is 11.3 Å². The fraction of sp³-hybridized carbons (Fsp3) is 0. The Morgan fingerprint density at radius 1 is 0.327 bits per heavy atom. The number of para-hydroxylation sites is 1. The van der Waals surface area contributed by atoms with Gasteiger partial charge < -0.3 is 4.90 Å². The van der Waals surface area contributed by atoms with Crippen molar-refractivity contribution in [3.63, 3.8) is 0 Å². The first-order valence-corrected chi connectivity index (χ1v) is 18.6. The van der Waals surface area contributed by atoms with E-state index in [2.05, 4.69) is 205 Å². The first kappa shape index (κ1) is 30.4. The zero-order valence-corrected chi connectivity index (χ0v) is 29.2. The molecule has 0 aliphatic heterocycles. The lowest BCUT2D eigenvalue weighted by Crippen LogP contribution is -2.11. The van der Waals surface area contributed by atoms with Crippen LogP contribution in [0.25, 0.3) is 75.1 Å². The maximum absolute atomic E-state index is 2.42. The second-order valence-corrected chi connectivity index (χ2v) is 14.4. The average molecular weight is 680 g/mol. The summed E-state index contributed by atoms with van der Waals surface area (Å²) in [5.74, 6) is 0. The van der Waals surface area contributed by atoms with Crippen LogP contribution in [0.5, 0.6) is 0 Å². The molecule has 10 rings (SSSR count). The molecule has 2 heteroatoms. The summed E-state index contributed by atoms with van der Waals surface area (Å²) in [6.07, 6.45) is 0. The van der Waals surface area contributed by atoms with Crippen molar-refractivity contribution in [1.82, 2.24) is 0 Å². The highest BCUT2D eigenvalue weighted by Crippen LogP contribution is 2.46. The number of anilines is 3. The molecule has 0 aliphatic carbocycles. The highest BCUT2D eigenvalue weighted by atomic mass is 32.1. The number of hydrogen-bond acceptors (Lipinski definition) is 2. The Bertz CT molecular complexity index is 2890. The summed E-state index contributed by atoms with van der Waals surface area (Å²) in [7, 11) is 0. The molecule has 1 nitrogen and oxygen atoms in total. The van der Waals surface area contributed by atoms with Crippen LogP contribution in [-0.4, -0.2) is 0 Å².